The minimum absolute atomic E-state index is 0.0959. The molecule has 0 saturated carbocycles. The number of ether oxygens (including phenoxy) is 2. The number of aromatic nitrogens is 4. The van der Waals surface area contributed by atoms with Gasteiger partial charge in [-0.2, -0.15) is 5.26 Å². The van der Waals surface area contributed by atoms with Gasteiger partial charge < -0.3 is 29.8 Å². The first kappa shape index (κ1) is 24.4. The number of nitrogens with zero attached hydrogens (tertiary/aromatic N) is 5. The zero-order chi connectivity index (χ0) is 25.1. The number of thiazole rings is 1. The van der Waals surface area contributed by atoms with Gasteiger partial charge in [0.1, 0.15) is 29.3 Å². The lowest BCUT2D eigenvalue weighted by molar-refractivity contribution is 0.0540. The van der Waals surface area contributed by atoms with E-state index in [4.69, 9.17) is 26.2 Å². The number of anilines is 1. The summed E-state index contributed by atoms with van der Waals surface area (Å²) in [5.41, 5.74) is 1.46. The molecule has 4 rings (SSSR count). The molecule has 35 heavy (non-hydrogen) atoms. The Balaban J connectivity index is 1.52. The van der Waals surface area contributed by atoms with Gasteiger partial charge >= 0.3 is 6.16 Å². The summed E-state index contributed by atoms with van der Waals surface area (Å²) in [6.45, 7) is 2.56. The van der Waals surface area contributed by atoms with E-state index in [1.807, 2.05) is 11.0 Å². The summed E-state index contributed by atoms with van der Waals surface area (Å²) in [5, 5.41) is 22.3. The maximum atomic E-state index is 12.9. The van der Waals surface area contributed by atoms with E-state index in [1.165, 1.54) is 19.6 Å². The van der Waals surface area contributed by atoms with E-state index in [0.717, 1.165) is 11.3 Å². The topological polar surface area (TPSA) is 166 Å². The Hall–Kier alpha value is -3.73. The predicted octanol–water partition coefficient (Wildman–Crippen LogP) is 2.84. The lowest BCUT2D eigenvalue weighted by atomic mass is 10.0. The molecule has 1 aliphatic rings. The minimum Gasteiger partial charge on any atom is -0.449 e. The van der Waals surface area contributed by atoms with Gasteiger partial charge in [-0.05, 0) is 19.4 Å². The smallest absolute Gasteiger partial charge is 0.449 e. The van der Waals surface area contributed by atoms with Crippen molar-refractivity contribution >= 4 is 40.1 Å². The van der Waals surface area contributed by atoms with E-state index in [0.29, 0.717) is 41.7 Å². The number of halogens is 1. The van der Waals surface area contributed by atoms with E-state index in [-0.39, 0.29) is 27.4 Å². The van der Waals surface area contributed by atoms with Crippen molar-refractivity contribution in [1.82, 2.24) is 25.3 Å². The molecule has 1 aliphatic heterocycles. The van der Waals surface area contributed by atoms with Crippen LogP contribution in [0.4, 0.5) is 9.93 Å². The highest BCUT2D eigenvalue weighted by molar-refractivity contribution is 7.18. The Morgan fingerprint density at radius 1 is 1.46 bits per heavy atom. The number of piperidine rings is 1. The van der Waals surface area contributed by atoms with Crippen molar-refractivity contribution in [2.24, 2.45) is 0 Å². The molecule has 1 amide bonds. The van der Waals surface area contributed by atoms with Gasteiger partial charge in [0, 0.05) is 32.1 Å². The molecule has 3 aromatic heterocycles. The molecule has 0 spiro atoms. The third-order valence-corrected chi connectivity index (χ3v) is 6.95. The summed E-state index contributed by atoms with van der Waals surface area (Å²) in [6.07, 6.45) is 1.52. The van der Waals surface area contributed by atoms with E-state index < -0.39 is 18.2 Å². The van der Waals surface area contributed by atoms with Gasteiger partial charge in [-0.1, -0.05) is 22.9 Å². The fraction of sp³-hybridized carbons (Fsp3) is 0.333. The van der Waals surface area contributed by atoms with E-state index in [9.17, 15) is 14.9 Å². The van der Waals surface area contributed by atoms with Crippen LogP contribution in [0.1, 0.15) is 28.2 Å². The van der Waals surface area contributed by atoms with Crippen LogP contribution < -0.4 is 15.0 Å². The Bertz CT molecular complexity index is 1290. The maximum absolute atomic E-state index is 12.9. The van der Waals surface area contributed by atoms with Crippen molar-refractivity contribution in [2.45, 2.75) is 25.5 Å². The van der Waals surface area contributed by atoms with Crippen LogP contribution in [0.25, 0.3) is 11.4 Å². The highest BCUT2D eigenvalue weighted by Gasteiger charge is 2.34. The summed E-state index contributed by atoms with van der Waals surface area (Å²) in [7, 11) is 1.54. The van der Waals surface area contributed by atoms with Gasteiger partial charge in [0.05, 0.1) is 22.9 Å². The molecule has 0 bridgehead atoms. The zero-order valence-corrected chi connectivity index (χ0v) is 20.2. The number of rotatable bonds is 6. The Morgan fingerprint density at radius 2 is 2.26 bits per heavy atom. The molecule has 3 N–H and O–H groups in total. The number of carboxylic acid groups (broad SMARTS) is 1. The first-order valence-electron chi connectivity index (χ1n) is 10.4. The highest BCUT2D eigenvalue weighted by atomic mass is 35.5. The van der Waals surface area contributed by atoms with Gasteiger partial charge in [-0.15, -0.1) is 0 Å². The average Bonchev–Trinajstić information content (AvgIpc) is 3.39. The van der Waals surface area contributed by atoms with Gasteiger partial charge in [0.15, 0.2) is 5.13 Å². The number of methoxy groups -OCH3 is 1. The third-order valence-electron chi connectivity index (χ3n) is 5.49. The van der Waals surface area contributed by atoms with Crippen LogP contribution in [-0.2, 0) is 4.74 Å². The molecule has 0 radical (unpaired) electrons. The molecule has 1 fully saturated rings. The number of carbonyl (C=O) groups is 2. The lowest BCUT2D eigenvalue weighted by Crippen LogP contribution is -2.55. The molecule has 0 aliphatic carbocycles. The van der Waals surface area contributed by atoms with Gasteiger partial charge in [0.2, 0.25) is 5.06 Å². The van der Waals surface area contributed by atoms with E-state index in [1.54, 1.807) is 13.0 Å². The van der Waals surface area contributed by atoms with Crippen LogP contribution in [0.3, 0.4) is 0 Å². The Labute approximate surface area is 208 Å². The number of nitrogens with one attached hydrogen (secondary N) is 2. The predicted molar refractivity (Wildman–Crippen MR) is 126 cm³/mol. The first-order chi connectivity index (χ1) is 16.8. The molecule has 0 aromatic carbocycles. The number of hydrogen-bond donors (Lipinski definition) is 3. The van der Waals surface area contributed by atoms with Crippen molar-refractivity contribution in [3.63, 3.8) is 0 Å². The van der Waals surface area contributed by atoms with Crippen molar-refractivity contribution < 1.29 is 24.2 Å². The van der Waals surface area contributed by atoms with E-state index >= 15 is 0 Å². The Morgan fingerprint density at radius 3 is 2.91 bits per heavy atom. The Kier molecular flexibility index (Phi) is 7.15. The quantitative estimate of drug-likeness (QED) is 0.413. The van der Waals surface area contributed by atoms with Crippen LogP contribution in [0.2, 0.25) is 5.02 Å². The fourth-order valence-electron chi connectivity index (χ4n) is 3.78. The summed E-state index contributed by atoms with van der Waals surface area (Å²) in [6, 6.07) is 3.23. The summed E-state index contributed by atoms with van der Waals surface area (Å²) in [4.78, 5) is 41.4. The molecule has 4 heterocycles. The zero-order valence-electron chi connectivity index (χ0n) is 18.6. The van der Waals surface area contributed by atoms with Gasteiger partial charge in [-0.25, -0.2) is 19.7 Å². The summed E-state index contributed by atoms with van der Waals surface area (Å²) >= 11 is 7.18. The number of aromatic amines is 1. The van der Waals surface area contributed by atoms with Crippen LogP contribution in [-0.4, -0.2) is 69.5 Å². The van der Waals surface area contributed by atoms with Crippen molar-refractivity contribution in [1.29, 1.82) is 5.26 Å². The first-order valence-corrected chi connectivity index (χ1v) is 11.6. The fourth-order valence-corrected chi connectivity index (χ4v) is 4.93. The second-order valence-electron chi connectivity index (χ2n) is 7.61. The molecule has 1 saturated heterocycles. The molecule has 0 unspecified atom stereocenters. The summed E-state index contributed by atoms with van der Waals surface area (Å²) < 4.78 is 10.6. The standard InChI is InChI=1S/C21H20ClN7O5S/c1-10-15(22)11(7-23)16(26-10)18(30)27-12-4-6-29(8-14(12)33-2)20-28-17(13-3-5-24-9-25-13)19(35-20)34-21(31)32/h3,5,9,12,14,26H,4,6,8H2,1-2H3,(H,27,30)(H,31,32)/t12-,14+/m1/s1. The van der Waals surface area contributed by atoms with Crippen LogP contribution >= 0.6 is 22.9 Å². The van der Waals surface area contributed by atoms with Crippen LogP contribution in [0, 0.1) is 18.3 Å². The number of aryl methyl sites for hydroxylation is 1. The number of carbonyl (C=O) groups excluding carboxylic acids is 1. The molecule has 14 heteroatoms. The molecule has 2 atom stereocenters. The number of hydrogen-bond acceptors (Lipinski definition) is 10. The SMILES string of the molecule is CO[C@H]1CN(c2nc(-c3ccncn3)c(OC(=O)O)s2)CC[C@H]1NC(=O)c1[nH]c(C)c(Cl)c1C#N. The van der Waals surface area contributed by atoms with Crippen molar-refractivity contribution in [3.05, 3.63) is 40.6 Å². The van der Waals surface area contributed by atoms with Gasteiger partial charge in [-0.3, -0.25) is 4.79 Å². The van der Waals surface area contributed by atoms with Crippen molar-refractivity contribution in [2.75, 3.05) is 25.1 Å². The summed E-state index contributed by atoms with van der Waals surface area (Å²) in [5.74, 6) is -0.450. The molecule has 12 nitrogen and oxygen atoms in total. The monoisotopic (exact) mass is 517 g/mol. The molecular formula is C21H20ClN7O5S. The number of H-pyrrole nitrogens is 1. The van der Waals surface area contributed by atoms with Crippen LogP contribution in [0.15, 0.2) is 18.6 Å². The normalized spacial score (nSPS) is 17.6. The number of nitriles is 1. The maximum Gasteiger partial charge on any atom is 0.512 e. The largest absolute Gasteiger partial charge is 0.512 e. The second kappa shape index (κ2) is 10.3. The molecular weight excluding hydrogens is 498 g/mol. The molecule has 182 valence electrons. The number of amides is 1. The second-order valence-corrected chi connectivity index (χ2v) is 8.93. The van der Waals surface area contributed by atoms with Crippen LogP contribution in [0.5, 0.6) is 5.06 Å². The molecule has 3 aromatic rings. The highest BCUT2D eigenvalue weighted by Crippen LogP contribution is 2.39. The van der Waals surface area contributed by atoms with E-state index in [2.05, 4.69) is 25.3 Å². The average molecular weight is 518 g/mol. The van der Waals surface area contributed by atoms with Crippen molar-refractivity contribution in [3.8, 4) is 22.5 Å². The lowest BCUT2D eigenvalue weighted by Gasteiger charge is -2.37. The third kappa shape index (κ3) is 5.04. The minimum atomic E-state index is -1.46. The van der Waals surface area contributed by atoms with Gasteiger partial charge in [0.25, 0.3) is 5.91 Å².